The van der Waals surface area contributed by atoms with Crippen molar-refractivity contribution < 1.29 is 9.59 Å². The van der Waals surface area contributed by atoms with E-state index < -0.39 is 11.8 Å². The van der Waals surface area contributed by atoms with Crippen molar-refractivity contribution in [3.05, 3.63) is 63.6 Å². The van der Waals surface area contributed by atoms with Crippen LogP contribution in [0, 0.1) is 0 Å². The lowest BCUT2D eigenvalue weighted by atomic mass is 10.1. The first kappa shape index (κ1) is 17.3. The number of rotatable bonds is 4. The summed E-state index contributed by atoms with van der Waals surface area (Å²) in [6, 6.07) is 12.2. The van der Waals surface area contributed by atoms with Gasteiger partial charge in [-0.1, -0.05) is 53.5 Å². The summed E-state index contributed by atoms with van der Waals surface area (Å²) in [6.07, 6.45) is 0. The van der Waals surface area contributed by atoms with Crippen molar-refractivity contribution in [1.82, 2.24) is 5.32 Å². The molecule has 0 heterocycles. The van der Waals surface area contributed by atoms with Crippen LogP contribution in [0.5, 0.6) is 0 Å². The van der Waals surface area contributed by atoms with Gasteiger partial charge in [0, 0.05) is 13.1 Å². The summed E-state index contributed by atoms with van der Waals surface area (Å²) in [7, 11) is 0. The van der Waals surface area contributed by atoms with Crippen LogP contribution in [-0.2, 0) is 22.7 Å². The van der Waals surface area contributed by atoms with Crippen molar-refractivity contribution in [2.75, 3.05) is 5.32 Å². The molecule has 7 heteroatoms. The van der Waals surface area contributed by atoms with E-state index in [9.17, 15) is 9.59 Å². The largest absolute Gasteiger partial charge is 0.344 e. The lowest BCUT2D eigenvalue weighted by Gasteiger charge is -2.09. The zero-order chi connectivity index (χ0) is 16.8. The molecule has 23 heavy (non-hydrogen) atoms. The highest BCUT2D eigenvalue weighted by atomic mass is 35.5. The summed E-state index contributed by atoms with van der Waals surface area (Å²) in [5, 5.41) is 5.44. The van der Waals surface area contributed by atoms with Crippen LogP contribution >= 0.6 is 23.2 Å². The first-order valence-corrected chi connectivity index (χ1v) is 7.58. The third-order valence-corrected chi connectivity index (χ3v) is 3.91. The fraction of sp³-hybridized carbons (Fsp3) is 0.125. The van der Waals surface area contributed by atoms with Crippen molar-refractivity contribution in [3.8, 4) is 0 Å². The molecule has 0 aliphatic heterocycles. The second kappa shape index (κ2) is 7.97. The van der Waals surface area contributed by atoms with E-state index in [1.807, 2.05) is 24.3 Å². The van der Waals surface area contributed by atoms with Gasteiger partial charge in [0.15, 0.2) is 0 Å². The van der Waals surface area contributed by atoms with Crippen molar-refractivity contribution in [2.45, 2.75) is 13.1 Å². The van der Waals surface area contributed by atoms with Crippen LogP contribution in [0.1, 0.15) is 11.1 Å². The molecule has 0 radical (unpaired) electrons. The zero-order valence-electron chi connectivity index (χ0n) is 12.1. The summed E-state index contributed by atoms with van der Waals surface area (Å²) >= 11 is 11.8. The van der Waals surface area contributed by atoms with Crippen LogP contribution in [0.25, 0.3) is 0 Å². The average Bonchev–Trinajstić information content (AvgIpc) is 2.57. The molecule has 0 aliphatic carbocycles. The van der Waals surface area contributed by atoms with E-state index in [0.29, 0.717) is 11.6 Å². The molecule has 2 aromatic carbocycles. The van der Waals surface area contributed by atoms with E-state index in [1.165, 1.54) is 0 Å². The van der Waals surface area contributed by atoms with Gasteiger partial charge in [0.05, 0.1) is 15.7 Å². The molecule has 2 aromatic rings. The van der Waals surface area contributed by atoms with Gasteiger partial charge >= 0.3 is 11.8 Å². The smallest absolute Gasteiger partial charge is 0.313 e. The maximum atomic E-state index is 11.9. The monoisotopic (exact) mass is 351 g/mol. The molecule has 2 rings (SSSR count). The van der Waals surface area contributed by atoms with Crippen LogP contribution in [-0.4, -0.2) is 11.8 Å². The highest BCUT2D eigenvalue weighted by Crippen LogP contribution is 2.29. The fourth-order valence-electron chi connectivity index (χ4n) is 1.91. The Bertz CT molecular complexity index is 735. The Balaban J connectivity index is 1.95. The minimum atomic E-state index is -0.816. The number of carbonyl (C=O) groups is 2. The molecule has 5 nitrogen and oxygen atoms in total. The summed E-state index contributed by atoms with van der Waals surface area (Å²) in [5.74, 6) is -1.58. The second-order valence-corrected chi connectivity index (χ2v) is 5.55. The lowest BCUT2D eigenvalue weighted by molar-refractivity contribution is -0.136. The van der Waals surface area contributed by atoms with E-state index in [0.717, 1.165) is 11.1 Å². The second-order valence-electron chi connectivity index (χ2n) is 4.76. The molecule has 0 fully saturated rings. The molecule has 4 N–H and O–H groups in total. The number of halogens is 2. The number of nitrogens with one attached hydrogen (secondary N) is 2. The van der Waals surface area contributed by atoms with Gasteiger partial charge in [-0.05, 0) is 23.3 Å². The first-order chi connectivity index (χ1) is 11.0. The molecular weight excluding hydrogens is 337 g/mol. The highest BCUT2D eigenvalue weighted by molar-refractivity contribution is 6.45. The Hall–Kier alpha value is -2.08. The molecule has 0 saturated heterocycles. The van der Waals surface area contributed by atoms with Crippen molar-refractivity contribution in [2.24, 2.45) is 5.73 Å². The zero-order valence-corrected chi connectivity index (χ0v) is 13.6. The maximum absolute atomic E-state index is 11.9. The first-order valence-electron chi connectivity index (χ1n) is 6.82. The Kier molecular flexibility index (Phi) is 5.98. The molecule has 0 saturated carbocycles. The molecule has 0 bridgehead atoms. The minimum absolute atomic E-state index is 0.186. The molecule has 0 unspecified atom stereocenters. The van der Waals surface area contributed by atoms with Crippen LogP contribution in [0.15, 0.2) is 42.5 Å². The normalized spacial score (nSPS) is 10.2. The van der Waals surface area contributed by atoms with Gasteiger partial charge in [0.25, 0.3) is 0 Å². The SMILES string of the molecule is NCc1cccc(CNC(=O)C(=O)Nc2cccc(Cl)c2Cl)c1. The molecule has 0 aliphatic rings. The molecule has 0 spiro atoms. The molecule has 0 aromatic heterocycles. The number of amides is 2. The van der Waals surface area contributed by atoms with Gasteiger partial charge in [-0.2, -0.15) is 0 Å². The molecule has 120 valence electrons. The maximum Gasteiger partial charge on any atom is 0.313 e. The average molecular weight is 352 g/mol. The number of hydrogen-bond acceptors (Lipinski definition) is 3. The van der Waals surface area contributed by atoms with Crippen LogP contribution in [0.2, 0.25) is 10.0 Å². The van der Waals surface area contributed by atoms with Crippen molar-refractivity contribution >= 4 is 40.7 Å². The standard InChI is InChI=1S/C16H15Cl2N3O2/c17-12-5-2-6-13(14(12)18)21-16(23)15(22)20-9-11-4-1-3-10(7-11)8-19/h1-7H,8-9,19H2,(H,20,22)(H,21,23). The highest BCUT2D eigenvalue weighted by Gasteiger charge is 2.15. The molecule has 0 atom stereocenters. The van der Waals surface area contributed by atoms with Crippen LogP contribution in [0.4, 0.5) is 5.69 Å². The van der Waals surface area contributed by atoms with E-state index >= 15 is 0 Å². The number of hydrogen-bond donors (Lipinski definition) is 3. The van der Waals surface area contributed by atoms with Crippen molar-refractivity contribution in [1.29, 1.82) is 0 Å². The minimum Gasteiger partial charge on any atom is -0.344 e. The van der Waals surface area contributed by atoms with Crippen LogP contribution < -0.4 is 16.4 Å². The van der Waals surface area contributed by atoms with E-state index in [2.05, 4.69) is 10.6 Å². The number of benzene rings is 2. The third kappa shape index (κ3) is 4.69. The van der Waals surface area contributed by atoms with E-state index in [-0.39, 0.29) is 17.3 Å². The summed E-state index contributed by atoms with van der Waals surface area (Å²) in [4.78, 5) is 23.7. The van der Waals surface area contributed by atoms with Crippen molar-refractivity contribution in [3.63, 3.8) is 0 Å². The van der Waals surface area contributed by atoms with Gasteiger partial charge in [-0.15, -0.1) is 0 Å². The van der Waals surface area contributed by atoms with Gasteiger partial charge in [0.1, 0.15) is 0 Å². The summed E-state index contributed by atoms with van der Waals surface area (Å²) in [5.41, 5.74) is 7.65. The summed E-state index contributed by atoms with van der Waals surface area (Å²) < 4.78 is 0. The Morgan fingerprint density at radius 2 is 1.70 bits per heavy atom. The molecular formula is C16H15Cl2N3O2. The van der Waals surface area contributed by atoms with Gasteiger partial charge in [-0.3, -0.25) is 9.59 Å². The lowest BCUT2D eigenvalue weighted by Crippen LogP contribution is -2.35. The molecule has 2 amide bonds. The number of nitrogens with two attached hydrogens (primary N) is 1. The van der Waals surface area contributed by atoms with E-state index in [4.69, 9.17) is 28.9 Å². The van der Waals surface area contributed by atoms with Gasteiger partial charge in [0.2, 0.25) is 0 Å². The fourth-order valence-corrected chi connectivity index (χ4v) is 2.26. The van der Waals surface area contributed by atoms with E-state index in [1.54, 1.807) is 18.2 Å². The van der Waals surface area contributed by atoms with Gasteiger partial charge in [-0.25, -0.2) is 0 Å². The van der Waals surface area contributed by atoms with Crippen LogP contribution in [0.3, 0.4) is 0 Å². The van der Waals surface area contributed by atoms with Gasteiger partial charge < -0.3 is 16.4 Å². The Morgan fingerprint density at radius 3 is 2.43 bits per heavy atom. The Labute approximate surface area is 143 Å². The third-order valence-electron chi connectivity index (χ3n) is 3.09. The Morgan fingerprint density at radius 1 is 1.00 bits per heavy atom. The number of anilines is 1. The predicted molar refractivity (Wildman–Crippen MR) is 91.3 cm³/mol. The quantitative estimate of drug-likeness (QED) is 0.740. The summed E-state index contributed by atoms with van der Waals surface area (Å²) in [6.45, 7) is 0.638. The topological polar surface area (TPSA) is 84.2 Å². The predicted octanol–water partition coefficient (Wildman–Crippen LogP) is 2.71. The number of carbonyl (C=O) groups excluding carboxylic acids is 2.